The third-order valence-electron chi connectivity index (χ3n) is 1.93. The van der Waals surface area contributed by atoms with Gasteiger partial charge >= 0.3 is 0 Å². The van der Waals surface area contributed by atoms with Crippen LogP contribution in [0.2, 0.25) is 0 Å². The minimum atomic E-state index is -0.0774. The average Bonchev–Trinajstić information content (AvgIpc) is 2.59. The summed E-state index contributed by atoms with van der Waals surface area (Å²) in [4.78, 5) is 4.22. The van der Waals surface area contributed by atoms with E-state index < -0.39 is 0 Å². The summed E-state index contributed by atoms with van der Waals surface area (Å²) in [7, 11) is 0. The molecule has 1 rings (SSSR count). The molecule has 1 aromatic rings. The molecule has 0 unspecified atom stereocenters. The summed E-state index contributed by atoms with van der Waals surface area (Å²) >= 11 is 0. The van der Waals surface area contributed by atoms with E-state index in [4.69, 9.17) is 5.73 Å². The van der Waals surface area contributed by atoms with Crippen LogP contribution in [-0.2, 0) is 13.1 Å². The summed E-state index contributed by atoms with van der Waals surface area (Å²) in [6.07, 6.45) is 1.69. The van der Waals surface area contributed by atoms with Gasteiger partial charge in [0, 0.05) is 12.1 Å². The second kappa shape index (κ2) is 4.96. The molecule has 3 N–H and O–H groups in total. The van der Waals surface area contributed by atoms with Gasteiger partial charge in [-0.15, -0.1) is 10.2 Å². The molecular weight excluding hydrogens is 204 g/mol. The van der Waals surface area contributed by atoms with Crippen molar-refractivity contribution in [3.63, 3.8) is 0 Å². The SMILES string of the molecule is CCn1cnnc1CN=C(N)NC(C)(C)C. The van der Waals surface area contributed by atoms with Crippen LogP contribution in [0.1, 0.15) is 33.5 Å². The summed E-state index contributed by atoms with van der Waals surface area (Å²) in [5.41, 5.74) is 5.67. The van der Waals surface area contributed by atoms with E-state index in [0.717, 1.165) is 12.4 Å². The van der Waals surface area contributed by atoms with E-state index in [1.807, 2.05) is 32.3 Å². The molecule has 0 aliphatic carbocycles. The van der Waals surface area contributed by atoms with Crippen molar-refractivity contribution in [2.45, 2.75) is 46.3 Å². The number of hydrogen-bond donors (Lipinski definition) is 2. The van der Waals surface area contributed by atoms with Crippen LogP contribution in [0.3, 0.4) is 0 Å². The molecule has 0 aliphatic rings. The molecule has 0 aromatic carbocycles. The molecule has 0 amide bonds. The van der Waals surface area contributed by atoms with Crippen LogP contribution in [0.25, 0.3) is 0 Å². The summed E-state index contributed by atoms with van der Waals surface area (Å²) in [5, 5.41) is 10.9. The van der Waals surface area contributed by atoms with Gasteiger partial charge in [0.05, 0.1) is 0 Å². The van der Waals surface area contributed by atoms with Crippen molar-refractivity contribution in [2.24, 2.45) is 10.7 Å². The van der Waals surface area contributed by atoms with Crippen molar-refractivity contribution in [3.8, 4) is 0 Å². The van der Waals surface area contributed by atoms with Gasteiger partial charge < -0.3 is 15.6 Å². The smallest absolute Gasteiger partial charge is 0.189 e. The van der Waals surface area contributed by atoms with Gasteiger partial charge in [0.1, 0.15) is 12.9 Å². The first-order valence-corrected chi connectivity index (χ1v) is 5.37. The van der Waals surface area contributed by atoms with Gasteiger partial charge in [-0.2, -0.15) is 0 Å². The lowest BCUT2D eigenvalue weighted by atomic mass is 10.1. The van der Waals surface area contributed by atoms with E-state index in [9.17, 15) is 0 Å². The Hall–Kier alpha value is -1.59. The Morgan fingerprint density at radius 1 is 1.56 bits per heavy atom. The first kappa shape index (κ1) is 12.5. The summed E-state index contributed by atoms with van der Waals surface area (Å²) in [6, 6.07) is 0. The molecule has 6 heteroatoms. The Balaban J connectivity index is 2.59. The fourth-order valence-electron chi connectivity index (χ4n) is 1.25. The Kier molecular flexibility index (Phi) is 3.87. The molecule has 0 saturated carbocycles. The highest BCUT2D eigenvalue weighted by atomic mass is 15.3. The summed E-state index contributed by atoms with van der Waals surface area (Å²) < 4.78 is 1.94. The predicted molar refractivity (Wildman–Crippen MR) is 63.9 cm³/mol. The molecule has 0 aliphatic heterocycles. The lowest BCUT2D eigenvalue weighted by molar-refractivity contribution is 0.507. The zero-order valence-corrected chi connectivity index (χ0v) is 10.4. The largest absolute Gasteiger partial charge is 0.370 e. The zero-order chi connectivity index (χ0) is 12.2. The number of guanidine groups is 1. The van der Waals surface area contributed by atoms with Gasteiger partial charge in [-0.1, -0.05) is 0 Å². The van der Waals surface area contributed by atoms with Crippen molar-refractivity contribution in [2.75, 3.05) is 0 Å². The van der Waals surface area contributed by atoms with Gasteiger partial charge in [0.2, 0.25) is 0 Å². The van der Waals surface area contributed by atoms with Crippen LogP contribution in [0, 0.1) is 0 Å². The van der Waals surface area contributed by atoms with E-state index in [0.29, 0.717) is 12.5 Å². The molecule has 6 nitrogen and oxygen atoms in total. The fraction of sp³-hybridized carbons (Fsp3) is 0.700. The monoisotopic (exact) mass is 224 g/mol. The molecule has 0 radical (unpaired) electrons. The topological polar surface area (TPSA) is 81.1 Å². The van der Waals surface area contributed by atoms with Crippen LogP contribution >= 0.6 is 0 Å². The second-order valence-corrected chi connectivity index (χ2v) is 4.61. The van der Waals surface area contributed by atoms with E-state index in [2.05, 4.69) is 20.5 Å². The third-order valence-corrected chi connectivity index (χ3v) is 1.93. The van der Waals surface area contributed by atoms with Crippen molar-refractivity contribution in [1.82, 2.24) is 20.1 Å². The number of rotatable bonds is 3. The number of aryl methyl sites for hydroxylation is 1. The molecule has 90 valence electrons. The molecule has 0 atom stereocenters. The first-order chi connectivity index (χ1) is 7.42. The summed E-state index contributed by atoms with van der Waals surface area (Å²) in [6.45, 7) is 9.42. The van der Waals surface area contributed by atoms with Crippen LogP contribution in [0.5, 0.6) is 0 Å². The molecule has 1 aromatic heterocycles. The quantitative estimate of drug-likeness (QED) is 0.578. The van der Waals surface area contributed by atoms with Crippen molar-refractivity contribution in [3.05, 3.63) is 12.2 Å². The Morgan fingerprint density at radius 3 is 2.81 bits per heavy atom. The molecule has 0 spiro atoms. The lowest BCUT2D eigenvalue weighted by Gasteiger charge is -2.20. The number of hydrogen-bond acceptors (Lipinski definition) is 3. The van der Waals surface area contributed by atoms with Gasteiger partial charge in [0.25, 0.3) is 0 Å². The minimum absolute atomic E-state index is 0.0774. The molecular formula is C10H20N6. The minimum Gasteiger partial charge on any atom is -0.370 e. The number of nitrogens with one attached hydrogen (secondary N) is 1. The number of aromatic nitrogens is 3. The van der Waals surface area contributed by atoms with E-state index in [-0.39, 0.29) is 5.54 Å². The van der Waals surface area contributed by atoms with Gasteiger partial charge in [0.15, 0.2) is 11.8 Å². The molecule has 0 saturated heterocycles. The van der Waals surface area contributed by atoms with Gasteiger partial charge in [-0.3, -0.25) is 0 Å². The molecule has 0 bridgehead atoms. The van der Waals surface area contributed by atoms with Crippen LogP contribution in [0.15, 0.2) is 11.3 Å². The zero-order valence-electron chi connectivity index (χ0n) is 10.4. The van der Waals surface area contributed by atoms with E-state index in [1.54, 1.807) is 6.33 Å². The highest BCUT2D eigenvalue weighted by Gasteiger charge is 2.10. The molecule has 1 heterocycles. The second-order valence-electron chi connectivity index (χ2n) is 4.61. The number of nitrogens with two attached hydrogens (primary N) is 1. The Bertz CT molecular complexity index is 360. The third kappa shape index (κ3) is 3.88. The van der Waals surface area contributed by atoms with Crippen LogP contribution < -0.4 is 11.1 Å². The Morgan fingerprint density at radius 2 is 2.25 bits per heavy atom. The normalized spacial score (nSPS) is 12.9. The maximum Gasteiger partial charge on any atom is 0.189 e. The maximum atomic E-state index is 5.75. The van der Waals surface area contributed by atoms with Gasteiger partial charge in [-0.05, 0) is 27.7 Å². The average molecular weight is 224 g/mol. The maximum absolute atomic E-state index is 5.75. The van der Waals surface area contributed by atoms with Crippen molar-refractivity contribution in [1.29, 1.82) is 0 Å². The van der Waals surface area contributed by atoms with Crippen molar-refractivity contribution < 1.29 is 0 Å². The summed E-state index contributed by atoms with van der Waals surface area (Å²) in [5.74, 6) is 1.25. The van der Waals surface area contributed by atoms with E-state index >= 15 is 0 Å². The van der Waals surface area contributed by atoms with Crippen molar-refractivity contribution >= 4 is 5.96 Å². The first-order valence-electron chi connectivity index (χ1n) is 5.37. The Labute approximate surface area is 96.0 Å². The standard InChI is InChI=1S/C10H20N6/c1-5-16-7-13-15-8(16)6-12-9(11)14-10(2,3)4/h7H,5-6H2,1-4H3,(H3,11,12,14). The molecule has 0 fully saturated rings. The highest BCUT2D eigenvalue weighted by molar-refractivity contribution is 5.78. The lowest BCUT2D eigenvalue weighted by Crippen LogP contribution is -2.45. The fourth-order valence-corrected chi connectivity index (χ4v) is 1.25. The van der Waals surface area contributed by atoms with Gasteiger partial charge in [-0.25, -0.2) is 4.99 Å². The van der Waals surface area contributed by atoms with Crippen LogP contribution in [0.4, 0.5) is 0 Å². The highest BCUT2D eigenvalue weighted by Crippen LogP contribution is 1.99. The van der Waals surface area contributed by atoms with Crippen LogP contribution in [-0.4, -0.2) is 26.3 Å². The number of nitrogens with zero attached hydrogens (tertiary/aromatic N) is 4. The number of aliphatic imine (C=N–C) groups is 1. The predicted octanol–water partition coefficient (Wildman–Crippen LogP) is 0.501. The molecule has 16 heavy (non-hydrogen) atoms. The van der Waals surface area contributed by atoms with E-state index in [1.165, 1.54) is 0 Å².